The summed E-state index contributed by atoms with van der Waals surface area (Å²) in [6.45, 7) is 9.02. The smallest absolute Gasteiger partial charge is 0.231 e. The molecule has 0 bridgehead atoms. The van der Waals surface area contributed by atoms with Crippen molar-refractivity contribution in [3.63, 3.8) is 0 Å². The van der Waals surface area contributed by atoms with E-state index in [2.05, 4.69) is 34.0 Å². The Morgan fingerprint density at radius 1 is 1.09 bits per heavy atom. The molecule has 1 aromatic heterocycles. The Morgan fingerprint density at radius 2 is 1.87 bits per heavy atom. The standard InChI is InChI=1S/C17H22N4O2/c1-4-21(5-2)16-8-12(3)19-17(20-16)18-10-13-6-7-14-15(9-13)23-11-22-14/h6-9H,4-5,10-11H2,1-3H3,(H,18,19,20). The molecule has 1 aromatic carbocycles. The van der Waals surface area contributed by atoms with Crippen LogP contribution in [0.25, 0.3) is 0 Å². The number of aryl methyl sites for hydroxylation is 1. The van der Waals surface area contributed by atoms with Gasteiger partial charge in [0, 0.05) is 31.4 Å². The molecule has 0 unspecified atom stereocenters. The summed E-state index contributed by atoms with van der Waals surface area (Å²) in [6.07, 6.45) is 0. The van der Waals surface area contributed by atoms with Crippen LogP contribution in [0.4, 0.5) is 11.8 Å². The van der Waals surface area contributed by atoms with E-state index >= 15 is 0 Å². The molecule has 1 aliphatic rings. The molecule has 0 atom stereocenters. The van der Waals surface area contributed by atoms with E-state index in [1.165, 1.54) is 0 Å². The molecule has 2 heterocycles. The SMILES string of the molecule is CCN(CC)c1cc(C)nc(NCc2ccc3c(c2)OCO3)n1. The van der Waals surface area contributed by atoms with Gasteiger partial charge in [0.15, 0.2) is 11.5 Å². The summed E-state index contributed by atoms with van der Waals surface area (Å²) >= 11 is 0. The van der Waals surface area contributed by atoms with E-state index in [0.717, 1.165) is 41.7 Å². The van der Waals surface area contributed by atoms with Crippen LogP contribution in [0.5, 0.6) is 11.5 Å². The van der Waals surface area contributed by atoms with Crippen molar-refractivity contribution in [3.05, 3.63) is 35.5 Å². The number of nitrogens with one attached hydrogen (secondary N) is 1. The summed E-state index contributed by atoms with van der Waals surface area (Å²) < 4.78 is 10.7. The Labute approximate surface area is 136 Å². The van der Waals surface area contributed by atoms with Crippen LogP contribution in [0.1, 0.15) is 25.1 Å². The minimum Gasteiger partial charge on any atom is -0.454 e. The maximum atomic E-state index is 5.40. The van der Waals surface area contributed by atoms with Gasteiger partial charge in [-0.2, -0.15) is 4.98 Å². The molecule has 3 rings (SSSR count). The summed E-state index contributed by atoms with van der Waals surface area (Å²) in [6, 6.07) is 7.94. The first kappa shape index (κ1) is 15.4. The Morgan fingerprint density at radius 3 is 2.65 bits per heavy atom. The summed E-state index contributed by atoms with van der Waals surface area (Å²) in [5, 5.41) is 3.29. The van der Waals surface area contributed by atoms with Crippen LogP contribution in [0.15, 0.2) is 24.3 Å². The molecule has 0 fully saturated rings. The molecule has 0 radical (unpaired) electrons. The molecule has 0 amide bonds. The molecule has 0 aliphatic carbocycles. The Kier molecular flexibility index (Phi) is 4.50. The van der Waals surface area contributed by atoms with Gasteiger partial charge in [-0.1, -0.05) is 6.07 Å². The third-order valence-electron chi connectivity index (χ3n) is 3.82. The second kappa shape index (κ2) is 6.73. The number of anilines is 2. The maximum absolute atomic E-state index is 5.40. The van der Waals surface area contributed by atoms with Gasteiger partial charge in [-0.25, -0.2) is 4.98 Å². The average Bonchev–Trinajstić information content (AvgIpc) is 3.01. The van der Waals surface area contributed by atoms with Gasteiger partial charge in [0.1, 0.15) is 5.82 Å². The third kappa shape index (κ3) is 3.47. The van der Waals surface area contributed by atoms with Crippen molar-refractivity contribution < 1.29 is 9.47 Å². The number of aromatic nitrogens is 2. The van der Waals surface area contributed by atoms with Crippen LogP contribution in [-0.2, 0) is 6.54 Å². The molecule has 1 aliphatic heterocycles. The second-order valence-electron chi connectivity index (χ2n) is 5.40. The lowest BCUT2D eigenvalue weighted by atomic mass is 10.2. The lowest BCUT2D eigenvalue weighted by Gasteiger charge is -2.20. The van der Waals surface area contributed by atoms with Crippen molar-refractivity contribution in [2.75, 3.05) is 30.1 Å². The van der Waals surface area contributed by atoms with Crippen LogP contribution in [-0.4, -0.2) is 29.9 Å². The Bertz CT molecular complexity index is 686. The summed E-state index contributed by atoms with van der Waals surface area (Å²) in [5.74, 6) is 3.18. The van der Waals surface area contributed by atoms with Crippen LogP contribution in [0, 0.1) is 6.92 Å². The van der Waals surface area contributed by atoms with Crippen LogP contribution in [0.2, 0.25) is 0 Å². The molecule has 0 saturated heterocycles. The van der Waals surface area contributed by atoms with Gasteiger partial charge in [-0.3, -0.25) is 0 Å². The largest absolute Gasteiger partial charge is 0.454 e. The molecular weight excluding hydrogens is 292 g/mol. The quantitative estimate of drug-likeness (QED) is 0.884. The summed E-state index contributed by atoms with van der Waals surface area (Å²) in [4.78, 5) is 11.3. The maximum Gasteiger partial charge on any atom is 0.231 e. The minimum absolute atomic E-state index is 0.292. The average molecular weight is 314 g/mol. The van der Waals surface area contributed by atoms with Crippen LogP contribution < -0.4 is 19.7 Å². The predicted octanol–water partition coefficient (Wildman–Crippen LogP) is 2.97. The highest BCUT2D eigenvalue weighted by atomic mass is 16.7. The number of rotatable bonds is 6. The number of nitrogens with zero attached hydrogens (tertiary/aromatic N) is 3. The van der Waals surface area contributed by atoms with Gasteiger partial charge in [0.25, 0.3) is 0 Å². The van der Waals surface area contributed by atoms with Crippen molar-refractivity contribution in [3.8, 4) is 11.5 Å². The monoisotopic (exact) mass is 314 g/mol. The molecule has 1 N–H and O–H groups in total. The van der Waals surface area contributed by atoms with E-state index in [1.807, 2.05) is 31.2 Å². The van der Waals surface area contributed by atoms with Crippen LogP contribution in [0.3, 0.4) is 0 Å². The lowest BCUT2D eigenvalue weighted by Crippen LogP contribution is -2.23. The zero-order chi connectivity index (χ0) is 16.2. The number of hydrogen-bond donors (Lipinski definition) is 1. The number of ether oxygens (including phenoxy) is 2. The molecule has 23 heavy (non-hydrogen) atoms. The molecule has 0 saturated carbocycles. The third-order valence-corrected chi connectivity index (χ3v) is 3.82. The van der Waals surface area contributed by atoms with Crippen molar-refractivity contribution in [1.29, 1.82) is 0 Å². The molecule has 6 nitrogen and oxygen atoms in total. The second-order valence-corrected chi connectivity index (χ2v) is 5.40. The zero-order valence-corrected chi connectivity index (χ0v) is 13.8. The van der Waals surface area contributed by atoms with Gasteiger partial charge >= 0.3 is 0 Å². The van der Waals surface area contributed by atoms with Crippen molar-refractivity contribution in [2.45, 2.75) is 27.3 Å². The first-order chi connectivity index (χ1) is 11.2. The lowest BCUT2D eigenvalue weighted by molar-refractivity contribution is 0.174. The molecular formula is C17H22N4O2. The van der Waals surface area contributed by atoms with Gasteiger partial charge in [0.2, 0.25) is 12.7 Å². The molecule has 122 valence electrons. The first-order valence-electron chi connectivity index (χ1n) is 7.92. The molecule has 6 heteroatoms. The summed E-state index contributed by atoms with van der Waals surface area (Å²) in [7, 11) is 0. The zero-order valence-electron chi connectivity index (χ0n) is 13.8. The van der Waals surface area contributed by atoms with E-state index in [-0.39, 0.29) is 0 Å². The fourth-order valence-electron chi connectivity index (χ4n) is 2.57. The minimum atomic E-state index is 0.292. The fourth-order valence-corrected chi connectivity index (χ4v) is 2.57. The first-order valence-corrected chi connectivity index (χ1v) is 7.92. The normalized spacial score (nSPS) is 12.3. The van der Waals surface area contributed by atoms with E-state index in [9.17, 15) is 0 Å². The highest BCUT2D eigenvalue weighted by molar-refractivity contribution is 5.47. The fraction of sp³-hybridized carbons (Fsp3) is 0.412. The van der Waals surface area contributed by atoms with E-state index in [1.54, 1.807) is 0 Å². The van der Waals surface area contributed by atoms with Crippen molar-refractivity contribution >= 4 is 11.8 Å². The predicted molar refractivity (Wildman–Crippen MR) is 90.2 cm³/mol. The van der Waals surface area contributed by atoms with Crippen molar-refractivity contribution in [2.24, 2.45) is 0 Å². The van der Waals surface area contributed by atoms with Crippen molar-refractivity contribution in [1.82, 2.24) is 9.97 Å². The Hall–Kier alpha value is -2.50. The number of fused-ring (bicyclic) bond motifs is 1. The summed E-state index contributed by atoms with van der Waals surface area (Å²) in [5.41, 5.74) is 2.05. The highest BCUT2D eigenvalue weighted by Crippen LogP contribution is 2.32. The number of benzene rings is 1. The molecule has 0 spiro atoms. The van der Waals surface area contributed by atoms with E-state index in [4.69, 9.17) is 9.47 Å². The molecule has 2 aromatic rings. The van der Waals surface area contributed by atoms with Gasteiger partial charge < -0.3 is 19.7 Å². The topological polar surface area (TPSA) is 59.5 Å². The highest BCUT2D eigenvalue weighted by Gasteiger charge is 2.13. The van der Waals surface area contributed by atoms with Gasteiger partial charge in [-0.05, 0) is 38.5 Å². The van der Waals surface area contributed by atoms with E-state index < -0.39 is 0 Å². The Balaban J connectivity index is 1.72. The van der Waals surface area contributed by atoms with Crippen LogP contribution >= 0.6 is 0 Å². The number of hydrogen-bond acceptors (Lipinski definition) is 6. The van der Waals surface area contributed by atoms with Gasteiger partial charge in [-0.15, -0.1) is 0 Å². The van der Waals surface area contributed by atoms with E-state index in [0.29, 0.717) is 19.3 Å². The van der Waals surface area contributed by atoms with Gasteiger partial charge in [0.05, 0.1) is 0 Å².